The monoisotopic (exact) mass is 342 g/mol. The first kappa shape index (κ1) is 18.2. The van der Waals surface area contributed by atoms with Crippen molar-refractivity contribution in [3.05, 3.63) is 24.3 Å². The molecule has 1 aromatic rings. The lowest BCUT2D eigenvalue weighted by Crippen LogP contribution is -2.52. The summed E-state index contributed by atoms with van der Waals surface area (Å²) in [5.41, 5.74) is 0. The van der Waals surface area contributed by atoms with E-state index >= 15 is 0 Å². The van der Waals surface area contributed by atoms with Crippen molar-refractivity contribution in [2.75, 3.05) is 26.7 Å². The summed E-state index contributed by atoms with van der Waals surface area (Å²) in [6.07, 6.45) is 0.332. The summed E-state index contributed by atoms with van der Waals surface area (Å²) >= 11 is 0. The lowest BCUT2D eigenvalue weighted by atomic mass is 10.2. The molecule has 0 amide bonds. The van der Waals surface area contributed by atoms with Gasteiger partial charge < -0.3 is 9.47 Å². The van der Waals surface area contributed by atoms with Gasteiger partial charge in [0.25, 0.3) is 0 Å². The quantitative estimate of drug-likeness (QED) is 0.848. The highest BCUT2D eigenvalue weighted by molar-refractivity contribution is 7.89. The third-order valence-electron chi connectivity index (χ3n) is 4.01. The average molecular weight is 342 g/mol. The summed E-state index contributed by atoms with van der Waals surface area (Å²) in [6, 6.07) is 6.49. The van der Waals surface area contributed by atoms with E-state index in [1.165, 1.54) is 0 Å². The molecule has 7 heteroatoms. The van der Waals surface area contributed by atoms with E-state index in [1.807, 2.05) is 20.8 Å². The van der Waals surface area contributed by atoms with Crippen LogP contribution < -0.4 is 9.46 Å². The molecule has 1 N–H and O–H groups in total. The molecule has 1 heterocycles. The number of nitrogens with zero attached hydrogens (tertiary/aromatic N) is 1. The van der Waals surface area contributed by atoms with Crippen molar-refractivity contribution in [3.63, 3.8) is 0 Å². The van der Waals surface area contributed by atoms with Crippen LogP contribution >= 0.6 is 0 Å². The van der Waals surface area contributed by atoms with Crippen molar-refractivity contribution in [2.45, 2.75) is 43.9 Å². The first-order valence-electron chi connectivity index (χ1n) is 7.85. The van der Waals surface area contributed by atoms with E-state index < -0.39 is 10.0 Å². The predicted octanol–water partition coefficient (Wildman–Crippen LogP) is 1.47. The second kappa shape index (κ2) is 7.61. The summed E-state index contributed by atoms with van der Waals surface area (Å²) in [4.78, 5) is 2.50. The van der Waals surface area contributed by atoms with E-state index in [0.717, 1.165) is 13.1 Å². The van der Waals surface area contributed by atoms with Gasteiger partial charge in [0.15, 0.2) is 0 Å². The van der Waals surface area contributed by atoms with Gasteiger partial charge in [-0.1, -0.05) is 0 Å². The Hall–Kier alpha value is -1.15. The number of sulfonamides is 1. The van der Waals surface area contributed by atoms with Gasteiger partial charge in [0.1, 0.15) is 5.75 Å². The molecule has 6 nitrogen and oxygen atoms in total. The van der Waals surface area contributed by atoms with Crippen molar-refractivity contribution < 1.29 is 17.9 Å². The molecule has 1 aliphatic heterocycles. The van der Waals surface area contributed by atoms with Gasteiger partial charge in [-0.3, -0.25) is 4.90 Å². The molecule has 2 rings (SSSR count). The second-order valence-electron chi connectivity index (χ2n) is 6.09. The zero-order valence-corrected chi connectivity index (χ0v) is 15.0. The summed E-state index contributed by atoms with van der Waals surface area (Å²) in [7, 11) is -1.96. The summed E-state index contributed by atoms with van der Waals surface area (Å²) in [5, 5.41) is 0. The van der Waals surface area contributed by atoms with Gasteiger partial charge in [-0.2, -0.15) is 0 Å². The Morgan fingerprint density at radius 3 is 2.35 bits per heavy atom. The Morgan fingerprint density at radius 1 is 1.26 bits per heavy atom. The van der Waals surface area contributed by atoms with E-state index in [-0.39, 0.29) is 23.1 Å². The summed E-state index contributed by atoms with van der Waals surface area (Å²) in [6.45, 7) is 8.11. The van der Waals surface area contributed by atoms with Crippen LogP contribution in [0.3, 0.4) is 0 Å². The molecule has 1 aromatic carbocycles. The maximum Gasteiger partial charge on any atom is 0.240 e. The summed E-state index contributed by atoms with van der Waals surface area (Å²) in [5.74, 6) is 0.633. The molecule has 0 bridgehead atoms. The van der Waals surface area contributed by atoms with Crippen LogP contribution in [0.25, 0.3) is 0 Å². The first-order chi connectivity index (χ1) is 10.8. The number of nitrogens with one attached hydrogen (secondary N) is 1. The number of benzene rings is 1. The van der Waals surface area contributed by atoms with Crippen molar-refractivity contribution in [1.82, 2.24) is 9.62 Å². The number of hydrogen-bond donors (Lipinski definition) is 1. The minimum atomic E-state index is -3.51. The Bertz CT molecular complexity index is 593. The molecule has 0 unspecified atom stereocenters. The number of morpholine rings is 1. The van der Waals surface area contributed by atoms with Crippen LogP contribution in [-0.4, -0.2) is 58.3 Å². The molecular weight excluding hydrogens is 316 g/mol. The zero-order valence-electron chi connectivity index (χ0n) is 14.2. The predicted molar refractivity (Wildman–Crippen MR) is 89.2 cm³/mol. The molecule has 0 aromatic heterocycles. The van der Waals surface area contributed by atoms with Gasteiger partial charge in [0.05, 0.1) is 24.2 Å². The molecule has 3 atom stereocenters. The van der Waals surface area contributed by atoms with Gasteiger partial charge in [-0.15, -0.1) is 0 Å². The molecule has 0 spiro atoms. The van der Waals surface area contributed by atoms with Crippen LogP contribution in [0, 0.1) is 0 Å². The smallest absolute Gasteiger partial charge is 0.240 e. The molecule has 23 heavy (non-hydrogen) atoms. The molecule has 0 saturated carbocycles. The highest BCUT2D eigenvalue weighted by Gasteiger charge is 2.26. The maximum absolute atomic E-state index is 12.4. The third-order valence-corrected chi connectivity index (χ3v) is 5.45. The van der Waals surface area contributed by atoms with Gasteiger partial charge in [0, 0.05) is 25.7 Å². The Morgan fingerprint density at radius 2 is 1.83 bits per heavy atom. The largest absolute Gasteiger partial charge is 0.497 e. The number of ether oxygens (including phenoxy) is 2. The van der Waals surface area contributed by atoms with Crippen LogP contribution in [0.2, 0.25) is 0 Å². The van der Waals surface area contributed by atoms with Crippen molar-refractivity contribution >= 4 is 10.0 Å². The molecule has 0 radical (unpaired) electrons. The molecule has 1 fully saturated rings. The van der Waals surface area contributed by atoms with Gasteiger partial charge >= 0.3 is 0 Å². The van der Waals surface area contributed by atoms with Crippen LogP contribution in [0.1, 0.15) is 20.8 Å². The van der Waals surface area contributed by atoms with Crippen molar-refractivity contribution in [1.29, 1.82) is 0 Å². The highest BCUT2D eigenvalue weighted by Crippen LogP contribution is 2.16. The number of methoxy groups -OCH3 is 1. The SMILES string of the molecule is COc1ccc(S(=O)(=O)NC[C@H](C)N2C[C@H](C)O[C@@H](C)C2)cc1. The topological polar surface area (TPSA) is 67.9 Å². The fourth-order valence-electron chi connectivity index (χ4n) is 2.78. The molecular formula is C16H26N2O4S. The Kier molecular flexibility index (Phi) is 6.02. The fraction of sp³-hybridized carbons (Fsp3) is 0.625. The van der Waals surface area contributed by atoms with Gasteiger partial charge in [-0.05, 0) is 45.0 Å². The van der Waals surface area contributed by atoms with Crippen molar-refractivity contribution in [3.8, 4) is 5.75 Å². The Balaban J connectivity index is 1.95. The minimum Gasteiger partial charge on any atom is -0.497 e. The normalized spacial score (nSPS) is 24.3. The van der Waals surface area contributed by atoms with E-state index in [2.05, 4.69) is 9.62 Å². The molecule has 130 valence electrons. The zero-order chi connectivity index (χ0) is 17.0. The lowest BCUT2D eigenvalue weighted by molar-refractivity contribution is -0.0776. The first-order valence-corrected chi connectivity index (χ1v) is 9.33. The standard InChI is InChI=1S/C16H26N2O4S/c1-12(18-10-13(2)22-14(3)11-18)9-17-23(19,20)16-7-5-15(21-4)6-8-16/h5-8,12-14,17H,9-11H2,1-4H3/t12-,13-,14-/m0/s1. The van der Waals surface area contributed by atoms with Crippen LogP contribution in [0.15, 0.2) is 29.2 Å². The van der Waals surface area contributed by atoms with Crippen LogP contribution in [0.4, 0.5) is 0 Å². The van der Waals surface area contributed by atoms with Crippen LogP contribution in [0.5, 0.6) is 5.75 Å². The maximum atomic E-state index is 12.4. The van der Waals surface area contributed by atoms with E-state index in [4.69, 9.17) is 9.47 Å². The van der Waals surface area contributed by atoms with E-state index in [0.29, 0.717) is 12.3 Å². The Labute approximate surface area is 138 Å². The molecule has 0 aliphatic carbocycles. The fourth-order valence-corrected chi connectivity index (χ4v) is 3.90. The molecule has 1 aliphatic rings. The van der Waals surface area contributed by atoms with Crippen molar-refractivity contribution in [2.24, 2.45) is 0 Å². The van der Waals surface area contributed by atoms with E-state index in [1.54, 1.807) is 31.4 Å². The average Bonchev–Trinajstić information content (AvgIpc) is 2.52. The van der Waals surface area contributed by atoms with E-state index in [9.17, 15) is 8.42 Å². The third kappa shape index (κ3) is 4.91. The molecule has 1 saturated heterocycles. The lowest BCUT2D eigenvalue weighted by Gasteiger charge is -2.38. The van der Waals surface area contributed by atoms with Gasteiger partial charge in [-0.25, -0.2) is 13.1 Å². The number of rotatable bonds is 6. The minimum absolute atomic E-state index is 0.108. The number of hydrogen-bond acceptors (Lipinski definition) is 5. The second-order valence-corrected chi connectivity index (χ2v) is 7.85. The van der Waals surface area contributed by atoms with Gasteiger partial charge in [0.2, 0.25) is 10.0 Å². The van der Waals surface area contributed by atoms with Crippen LogP contribution in [-0.2, 0) is 14.8 Å². The highest BCUT2D eigenvalue weighted by atomic mass is 32.2. The summed E-state index contributed by atoms with van der Waals surface area (Å²) < 4.78 is 38.2.